The summed E-state index contributed by atoms with van der Waals surface area (Å²) < 4.78 is 18.7. The standard InChI is InChI=1S/C21H20FNO2/c1-21(2,3)20(24)17(13-23)12-16-6-4-5-7-19(16)25-14-15-8-10-18(22)11-9-15/h4-12H,14H2,1-3H3. The number of ketones is 1. The second-order valence-corrected chi connectivity index (χ2v) is 6.70. The van der Waals surface area contributed by atoms with Crippen LogP contribution in [-0.2, 0) is 11.4 Å². The smallest absolute Gasteiger partial charge is 0.178 e. The number of rotatable bonds is 5. The third-order valence-corrected chi connectivity index (χ3v) is 3.57. The molecule has 128 valence electrons. The third kappa shape index (κ3) is 5.02. The minimum atomic E-state index is -0.633. The normalized spacial score (nSPS) is 11.7. The summed E-state index contributed by atoms with van der Waals surface area (Å²) in [5.41, 5.74) is 0.932. The Morgan fingerprint density at radius 3 is 2.40 bits per heavy atom. The van der Waals surface area contributed by atoms with Gasteiger partial charge in [0.05, 0.1) is 5.57 Å². The van der Waals surface area contributed by atoms with Crippen LogP contribution in [0.15, 0.2) is 54.1 Å². The minimum absolute atomic E-state index is 0.0883. The Hall–Kier alpha value is -2.93. The summed E-state index contributed by atoms with van der Waals surface area (Å²) >= 11 is 0. The maximum absolute atomic E-state index is 13.0. The maximum Gasteiger partial charge on any atom is 0.178 e. The number of halogens is 1. The molecule has 25 heavy (non-hydrogen) atoms. The van der Waals surface area contributed by atoms with E-state index in [-0.39, 0.29) is 23.8 Å². The summed E-state index contributed by atoms with van der Waals surface area (Å²) in [6, 6.07) is 15.2. The molecule has 0 bridgehead atoms. The van der Waals surface area contributed by atoms with Crippen LogP contribution in [-0.4, -0.2) is 5.78 Å². The largest absolute Gasteiger partial charge is 0.488 e. The molecular formula is C21H20FNO2. The molecule has 0 unspecified atom stereocenters. The molecule has 0 spiro atoms. The first-order valence-corrected chi connectivity index (χ1v) is 7.94. The molecule has 0 N–H and O–H groups in total. The number of hydrogen-bond donors (Lipinski definition) is 0. The van der Waals surface area contributed by atoms with Gasteiger partial charge in [0.15, 0.2) is 5.78 Å². The number of benzene rings is 2. The summed E-state index contributed by atoms with van der Waals surface area (Å²) in [4.78, 5) is 12.4. The van der Waals surface area contributed by atoms with Crippen molar-refractivity contribution in [3.63, 3.8) is 0 Å². The molecule has 0 aliphatic carbocycles. The van der Waals surface area contributed by atoms with E-state index in [4.69, 9.17) is 4.74 Å². The van der Waals surface area contributed by atoms with Crippen LogP contribution in [0.4, 0.5) is 4.39 Å². The highest BCUT2D eigenvalue weighted by atomic mass is 19.1. The molecule has 0 aliphatic rings. The van der Waals surface area contributed by atoms with E-state index in [1.807, 2.05) is 18.2 Å². The summed E-state index contributed by atoms with van der Waals surface area (Å²) in [5.74, 6) is 0.0380. The second kappa shape index (κ2) is 7.76. The van der Waals surface area contributed by atoms with Gasteiger partial charge in [-0.1, -0.05) is 51.1 Å². The highest BCUT2D eigenvalue weighted by Crippen LogP contribution is 2.25. The van der Waals surface area contributed by atoms with Gasteiger partial charge >= 0.3 is 0 Å². The van der Waals surface area contributed by atoms with Gasteiger partial charge < -0.3 is 4.74 Å². The fourth-order valence-electron chi connectivity index (χ4n) is 2.18. The van der Waals surface area contributed by atoms with E-state index < -0.39 is 5.41 Å². The van der Waals surface area contributed by atoms with Crippen LogP contribution in [0, 0.1) is 22.6 Å². The highest BCUT2D eigenvalue weighted by Gasteiger charge is 2.25. The Morgan fingerprint density at radius 1 is 1.16 bits per heavy atom. The van der Waals surface area contributed by atoms with Crippen LogP contribution in [0.3, 0.4) is 0 Å². The molecule has 0 atom stereocenters. The van der Waals surface area contributed by atoms with Gasteiger partial charge in [-0.2, -0.15) is 5.26 Å². The second-order valence-electron chi connectivity index (χ2n) is 6.70. The lowest BCUT2D eigenvalue weighted by molar-refractivity contribution is -0.121. The number of Topliss-reactive ketones (excluding diaryl/α,β-unsaturated/α-hetero) is 1. The van der Waals surface area contributed by atoms with Gasteiger partial charge in [-0.15, -0.1) is 0 Å². The van der Waals surface area contributed by atoms with E-state index in [1.54, 1.807) is 51.1 Å². The van der Waals surface area contributed by atoms with E-state index in [0.29, 0.717) is 11.3 Å². The number of hydrogen-bond acceptors (Lipinski definition) is 3. The first-order chi connectivity index (χ1) is 11.8. The van der Waals surface area contributed by atoms with Crippen molar-refractivity contribution in [1.29, 1.82) is 5.26 Å². The summed E-state index contributed by atoms with van der Waals surface area (Å²) in [6.45, 7) is 5.59. The van der Waals surface area contributed by atoms with Gasteiger partial charge in [-0.05, 0) is 29.8 Å². The van der Waals surface area contributed by atoms with E-state index in [9.17, 15) is 14.4 Å². The number of para-hydroxylation sites is 1. The van der Waals surface area contributed by atoms with Gasteiger partial charge in [-0.3, -0.25) is 4.79 Å². The van der Waals surface area contributed by atoms with Crippen molar-refractivity contribution in [2.24, 2.45) is 5.41 Å². The zero-order valence-corrected chi connectivity index (χ0v) is 14.5. The predicted octanol–water partition coefficient (Wildman–Crippen LogP) is 4.93. The van der Waals surface area contributed by atoms with Gasteiger partial charge in [0.1, 0.15) is 24.2 Å². The summed E-state index contributed by atoms with van der Waals surface area (Å²) in [6.07, 6.45) is 1.55. The number of carbonyl (C=O) groups excluding carboxylic acids is 1. The highest BCUT2D eigenvalue weighted by molar-refractivity contribution is 6.06. The van der Waals surface area contributed by atoms with Crippen molar-refractivity contribution in [3.05, 3.63) is 71.0 Å². The molecule has 0 saturated heterocycles. The van der Waals surface area contributed by atoms with Crippen LogP contribution >= 0.6 is 0 Å². The van der Waals surface area contributed by atoms with E-state index >= 15 is 0 Å². The Morgan fingerprint density at radius 2 is 1.80 bits per heavy atom. The Bertz CT molecular complexity index is 824. The number of allylic oxidation sites excluding steroid dienone is 1. The Labute approximate surface area is 147 Å². The molecule has 0 aliphatic heterocycles. The summed E-state index contributed by atoms with van der Waals surface area (Å²) in [5, 5.41) is 9.33. The number of nitriles is 1. The maximum atomic E-state index is 13.0. The van der Waals surface area contributed by atoms with Crippen LogP contribution < -0.4 is 4.74 Å². The predicted molar refractivity (Wildman–Crippen MR) is 95.2 cm³/mol. The lowest BCUT2D eigenvalue weighted by Crippen LogP contribution is -2.21. The quantitative estimate of drug-likeness (QED) is 0.574. The monoisotopic (exact) mass is 337 g/mol. The van der Waals surface area contributed by atoms with Crippen molar-refractivity contribution in [3.8, 4) is 11.8 Å². The first kappa shape index (κ1) is 18.4. The fraction of sp³-hybridized carbons (Fsp3) is 0.238. The number of ether oxygens (including phenoxy) is 1. The molecule has 2 rings (SSSR count). The van der Waals surface area contributed by atoms with Crippen molar-refractivity contribution in [1.82, 2.24) is 0 Å². The van der Waals surface area contributed by atoms with Crippen molar-refractivity contribution in [2.45, 2.75) is 27.4 Å². The van der Waals surface area contributed by atoms with Gasteiger partial charge in [0.2, 0.25) is 0 Å². The molecule has 0 aromatic heterocycles. The fourth-order valence-corrected chi connectivity index (χ4v) is 2.18. The summed E-state index contributed by atoms with van der Waals surface area (Å²) in [7, 11) is 0. The Kier molecular flexibility index (Phi) is 5.71. The molecular weight excluding hydrogens is 317 g/mol. The molecule has 3 nitrogen and oxygen atoms in total. The molecule has 4 heteroatoms. The number of carbonyl (C=O) groups is 1. The molecule has 0 fully saturated rings. The average molecular weight is 337 g/mol. The average Bonchev–Trinajstić information content (AvgIpc) is 2.58. The first-order valence-electron chi connectivity index (χ1n) is 7.94. The molecule has 2 aromatic rings. The molecule has 0 radical (unpaired) electrons. The molecule has 0 heterocycles. The lowest BCUT2D eigenvalue weighted by Gasteiger charge is -2.16. The van der Waals surface area contributed by atoms with Crippen LogP contribution in [0.2, 0.25) is 0 Å². The van der Waals surface area contributed by atoms with Gasteiger partial charge in [0, 0.05) is 11.0 Å². The number of nitrogens with zero attached hydrogens (tertiary/aromatic N) is 1. The third-order valence-electron chi connectivity index (χ3n) is 3.57. The van der Waals surface area contributed by atoms with Crippen molar-refractivity contribution in [2.75, 3.05) is 0 Å². The lowest BCUT2D eigenvalue weighted by atomic mass is 9.86. The topological polar surface area (TPSA) is 50.1 Å². The van der Waals surface area contributed by atoms with Crippen molar-refractivity contribution < 1.29 is 13.9 Å². The van der Waals surface area contributed by atoms with E-state index in [1.165, 1.54) is 12.1 Å². The zero-order valence-electron chi connectivity index (χ0n) is 14.5. The van der Waals surface area contributed by atoms with Gasteiger partial charge in [-0.25, -0.2) is 4.39 Å². The van der Waals surface area contributed by atoms with Crippen LogP contribution in [0.5, 0.6) is 5.75 Å². The van der Waals surface area contributed by atoms with E-state index in [2.05, 4.69) is 0 Å². The van der Waals surface area contributed by atoms with Crippen molar-refractivity contribution >= 4 is 11.9 Å². The SMILES string of the molecule is CC(C)(C)C(=O)C(C#N)=Cc1ccccc1OCc1ccc(F)cc1. The molecule has 0 saturated carbocycles. The van der Waals surface area contributed by atoms with Gasteiger partial charge in [0.25, 0.3) is 0 Å². The Balaban J connectivity index is 2.25. The molecule has 0 amide bonds. The minimum Gasteiger partial charge on any atom is -0.488 e. The van der Waals surface area contributed by atoms with Crippen LogP contribution in [0.1, 0.15) is 31.9 Å². The molecule has 2 aromatic carbocycles. The zero-order chi connectivity index (χ0) is 18.4. The van der Waals surface area contributed by atoms with Crippen LogP contribution in [0.25, 0.3) is 6.08 Å². The van der Waals surface area contributed by atoms with E-state index in [0.717, 1.165) is 5.56 Å².